The smallest absolute Gasteiger partial charge is 0.306 e. The molecule has 0 spiro atoms. The van der Waals surface area contributed by atoms with Crippen molar-refractivity contribution in [1.82, 2.24) is 0 Å². The fourth-order valence-corrected chi connectivity index (χ4v) is 5.81. The highest BCUT2D eigenvalue weighted by molar-refractivity contribution is 5.71. The Balaban J connectivity index is 4.31. The van der Waals surface area contributed by atoms with E-state index in [9.17, 15) is 14.4 Å². The van der Waals surface area contributed by atoms with Gasteiger partial charge in [0.25, 0.3) is 0 Å². The van der Waals surface area contributed by atoms with Crippen LogP contribution in [0.25, 0.3) is 0 Å². The molecule has 1 unspecified atom stereocenters. The molecule has 6 nitrogen and oxygen atoms in total. The van der Waals surface area contributed by atoms with Crippen molar-refractivity contribution >= 4 is 17.9 Å². The normalized spacial score (nSPS) is 12.7. The summed E-state index contributed by atoms with van der Waals surface area (Å²) in [5.41, 5.74) is 0. The molecule has 314 valence electrons. The molecule has 0 bridgehead atoms. The van der Waals surface area contributed by atoms with Gasteiger partial charge in [0.2, 0.25) is 0 Å². The molecule has 55 heavy (non-hydrogen) atoms. The Bertz CT molecular complexity index is 1070. The summed E-state index contributed by atoms with van der Waals surface area (Å²) in [5, 5.41) is 0. The maximum absolute atomic E-state index is 12.7. The van der Waals surface area contributed by atoms with Crippen LogP contribution in [0, 0.1) is 0 Å². The van der Waals surface area contributed by atoms with Crippen LogP contribution in [-0.2, 0) is 28.6 Å². The van der Waals surface area contributed by atoms with Crippen LogP contribution in [0.4, 0.5) is 0 Å². The Morgan fingerprint density at radius 2 is 0.709 bits per heavy atom. The predicted molar refractivity (Wildman–Crippen MR) is 233 cm³/mol. The molecular formula is C49H82O6. The summed E-state index contributed by atoms with van der Waals surface area (Å²) >= 11 is 0. The standard InChI is InChI=1S/C49H82O6/c1-4-7-10-13-15-17-19-21-23-24-26-27-29-31-33-36-39-42-48(51)54-45-46(44-53-47(50)41-38-35-12-9-6-3)55-49(52)43-40-37-34-32-30-28-25-22-20-18-16-14-11-8-5-2/h7,10,15-18,21-23,25-27,46H,4-6,8-9,11-14,19-20,24,28-45H2,1-3H3/b10-7-,17-15-,18-16-,23-21-,25-22-,27-26-. The van der Waals surface area contributed by atoms with Crippen LogP contribution < -0.4 is 0 Å². The van der Waals surface area contributed by atoms with Gasteiger partial charge in [-0.1, -0.05) is 164 Å². The van der Waals surface area contributed by atoms with Crippen LogP contribution >= 0.6 is 0 Å². The fourth-order valence-electron chi connectivity index (χ4n) is 5.81. The van der Waals surface area contributed by atoms with Gasteiger partial charge >= 0.3 is 17.9 Å². The zero-order valence-corrected chi connectivity index (χ0v) is 35.7. The van der Waals surface area contributed by atoms with Gasteiger partial charge < -0.3 is 14.2 Å². The van der Waals surface area contributed by atoms with E-state index in [0.717, 1.165) is 128 Å². The maximum atomic E-state index is 12.7. The summed E-state index contributed by atoms with van der Waals surface area (Å²) < 4.78 is 16.6. The van der Waals surface area contributed by atoms with Gasteiger partial charge in [-0.05, 0) is 89.9 Å². The molecule has 0 aliphatic rings. The molecule has 0 rings (SSSR count). The molecule has 0 fully saturated rings. The van der Waals surface area contributed by atoms with E-state index in [4.69, 9.17) is 14.2 Å². The summed E-state index contributed by atoms with van der Waals surface area (Å²) in [6, 6.07) is 0. The second kappa shape index (κ2) is 43.6. The first-order valence-electron chi connectivity index (χ1n) is 22.4. The highest BCUT2D eigenvalue weighted by atomic mass is 16.6. The lowest BCUT2D eigenvalue weighted by Crippen LogP contribution is -2.30. The summed E-state index contributed by atoms with van der Waals surface area (Å²) in [6.45, 7) is 6.36. The third kappa shape index (κ3) is 41.8. The molecule has 0 saturated heterocycles. The van der Waals surface area contributed by atoms with E-state index in [1.807, 2.05) is 0 Å². The van der Waals surface area contributed by atoms with Crippen LogP contribution in [0.1, 0.15) is 201 Å². The van der Waals surface area contributed by atoms with Gasteiger partial charge in [-0.25, -0.2) is 0 Å². The molecule has 6 heteroatoms. The van der Waals surface area contributed by atoms with Crippen molar-refractivity contribution in [3.8, 4) is 0 Å². The number of ether oxygens (including phenoxy) is 3. The molecule has 0 amide bonds. The zero-order valence-electron chi connectivity index (χ0n) is 35.7. The SMILES string of the molecule is CC/C=C\C/C=C\C/C=C\C/C=C\CCCCCCC(=O)OCC(COC(=O)CCCCCCC)OC(=O)CCCCCCC/C=C\C/C=C\CCCCC. The van der Waals surface area contributed by atoms with E-state index < -0.39 is 6.10 Å². The highest BCUT2D eigenvalue weighted by Crippen LogP contribution is 2.12. The van der Waals surface area contributed by atoms with Gasteiger partial charge in [0.15, 0.2) is 6.10 Å². The molecule has 0 aromatic carbocycles. The quantitative estimate of drug-likeness (QED) is 0.0268. The summed E-state index contributed by atoms with van der Waals surface area (Å²) in [6.07, 6.45) is 53.4. The molecular weight excluding hydrogens is 685 g/mol. The van der Waals surface area contributed by atoms with Crippen molar-refractivity contribution in [1.29, 1.82) is 0 Å². The third-order valence-corrected chi connectivity index (χ3v) is 9.20. The van der Waals surface area contributed by atoms with E-state index in [2.05, 4.69) is 93.7 Å². The lowest BCUT2D eigenvalue weighted by molar-refractivity contribution is -0.167. The molecule has 0 aliphatic carbocycles. The lowest BCUT2D eigenvalue weighted by Gasteiger charge is -2.18. The summed E-state index contributed by atoms with van der Waals surface area (Å²) in [4.78, 5) is 37.5. The Kier molecular flexibility index (Phi) is 41.1. The monoisotopic (exact) mass is 767 g/mol. The minimum absolute atomic E-state index is 0.0910. The van der Waals surface area contributed by atoms with Crippen LogP contribution in [0.15, 0.2) is 72.9 Å². The zero-order chi connectivity index (χ0) is 40.1. The largest absolute Gasteiger partial charge is 0.462 e. The molecule has 0 heterocycles. The average molecular weight is 767 g/mol. The number of esters is 3. The Hall–Kier alpha value is -3.15. The second-order valence-electron chi connectivity index (χ2n) is 14.6. The summed E-state index contributed by atoms with van der Waals surface area (Å²) in [7, 11) is 0. The average Bonchev–Trinajstić information content (AvgIpc) is 3.18. The highest BCUT2D eigenvalue weighted by Gasteiger charge is 2.19. The summed E-state index contributed by atoms with van der Waals surface area (Å²) in [5.74, 6) is -0.950. The number of carbonyl (C=O) groups excluding carboxylic acids is 3. The second-order valence-corrected chi connectivity index (χ2v) is 14.6. The minimum atomic E-state index is -0.787. The molecule has 0 saturated carbocycles. The van der Waals surface area contributed by atoms with Crippen LogP contribution in [0.3, 0.4) is 0 Å². The van der Waals surface area contributed by atoms with E-state index in [1.54, 1.807) is 0 Å². The topological polar surface area (TPSA) is 78.9 Å². The van der Waals surface area contributed by atoms with Crippen molar-refractivity contribution in [2.75, 3.05) is 13.2 Å². The first-order chi connectivity index (χ1) is 27.0. The van der Waals surface area contributed by atoms with Gasteiger partial charge in [0.1, 0.15) is 13.2 Å². The Morgan fingerprint density at radius 1 is 0.382 bits per heavy atom. The number of hydrogen-bond donors (Lipinski definition) is 0. The van der Waals surface area contributed by atoms with Crippen molar-refractivity contribution in [3.63, 3.8) is 0 Å². The van der Waals surface area contributed by atoms with E-state index in [1.165, 1.54) is 32.1 Å². The van der Waals surface area contributed by atoms with E-state index in [-0.39, 0.29) is 31.1 Å². The molecule has 0 aromatic rings. The lowest BCUT2D eigenvalue weighted by atomic mass is 10.1. The number of rotatable bonds is 39. The van der Waals surface area contributed by atoms with Crippen molar-refractivity contribution in [2.24, 2.45) is 0 Å². The van der Waals surface area contributed by atoms with Crippen molar-refractivity contribution in [3.05, 3.63) is 72.9 Å². The molecule has 0 N–H and O–H groups in total. The van der Waals surface area contributed by atoms with Crippen LogP contribution in [-0.4, -0.2) is 37.2 Å². The molecule has 0 aliphatic heterocycles. The number of unbranched alkanes of at least 4 members (excludes halogenated alkanes) is 16. The van der Waals surface area contributed by atoms with Gasteiger partial charge in [-0.15, -0.1) is 0 Å². The first kappa shape index (κ1) is 51.9. The third-order valence-electron chi connectivity index (χ3n) is 9.20. The number of allylic oxidation sites excluding steroid dienone is 12. The molecule has 1 atom stereocenters. The Labute approximate surface area is 338 Å². The van der Waals surface area contributed by atoms with Crippen LogP contribution in [0.5, 0.6) is 0 Å². The first-order valence-corrected chi connectivity index (χ1v) is 22.4. The van der Waals surface area contributed by atoms with Gasteiger partial charge in [0.05, 0.1) is 0 Å². The predicted octanol–water partition coefficient (Wildman–Crippen LogP) is 14.3. The maximum Gasteiger partial charge on any atom is 0.306 e. The van der Waals surface area contributed by atoms with Gasteiger partial charge in [-0.3, -0.25) is 14.4 Å². The van der Waals surface area contributed by atoms with E-state index in [0.29, 0.717) is 19.3 Å². The molecule has 0 aromatic heterocycles. The number of carbonyl (C=O) groups is 3. The van der Waals surface area contributed by atoms with Gasteiger partial charge in [0, 0.05) is 19.3 Å². The van der Waals surface area contributed by atoms with Crippen LogP contribution in [0.2, 0.25) is 0 Å². The molecule has 0 radical (unpaired) electrons. The Morgan fingerprint density at radius 3 is 1.15 bits per heavy atom. The van der Waals surface area contributed by atoms with Crippen molar-refractivity contribution < 1.29 is 28.6 Å². The van der Waals surface area contributed by atoms with Crippen molar-refractivity contribution in [2.45, 2.75) is 207 Å². The number of hydrogen-bond acceptors (Lipinski definition) is 6. The fraction of sp³-hybridized carbons (Fsp3) is 0.694. The van der Waals surface area contributed by atoms with E-state index >= 15 is 0 Å². The van der Waals surface area contributed by atoms with Gasteiger partial charge in [-0.2, -0.15) is 0 Å². The minimum Gasteiger partial charge on any atom is -0.462 e.